The number of rotatable bonds is 3. The third-order valence-corrected chi connectivity index (χ3v) is 3.10. The Bertz CT molecular complexity index is 344. The van der Waals surface area contributed by atoms with E-state index in [0.717, 1.165) is 5.56 Å². The fourth-order valence-corrected chi connectivity index (χ4v) is 2.05. The molecule has 0 bridgehead atoms. The van der Waals surface area contributed by atoms with Crippen molar-refractivity contribution >= 4 is 0 Å². The van der Waals surface area contributed by atoms with E-state index in [2.05, 4.69) is 0 Å². The van der Waals surface area contributed by atoms with Crippen LogP contribution in [0.2, 0.25) is 0 Å². The van der Waals surface area contributed by atoms with Gasteiger partial charge in [-0.25, -0.2) is 0 Å². The van der Waals surface area contributed by atoms with Gasteiger partial charge in [-0.1, -0.05) is 6.92 Å². The lowest BCUT2D eigenvalue weighted by molar-refractivity contribution is -0.173. The smallest absolute Gasteiger partial charge is 0.163 e. The second kappa shape index (κ2) is 3.87. The Labute approximate surface area is 95.2 Å². The Morgan fingerprint density at radius 1 is 1.56 bits per heavy atom. The molecule has 0 saturated carbocycles. The third-order valence-electron chi connectivity index (χ3n) is 3.10. The van der Waals surface area contributed by atoms with E-state index in [-0.39, 0.29) is 6.10 Å². The van der Waals surface area contributed by atoms with Gasteiger partial charge >= 0.3 is 0 Å². The van der Waals surface area contributed by atoms with Crippen molar-refractivity contribution in [2.24, 2.45) is 0 Å². The number of hydrogen-bond acceptors (Lipinski definition) is 4. The molecule has 16 heavy (non-hydrogen) atoms. The van der Waals surface area contributed by atoms with Gasteiger partial charge in [0.2, 0.25) is 0 Å². The average Bonchev–Trinajstić information content (AvgIpc) is 2.86. The summed E-state index contributed by atoms with van der Waals surface area (Å²) < 4.78 is 16.2. The molecule has 0 unspecified atom stereocenters. The van der Waals surface area contributed by atoms with Crippen molar-refractivity contribution in [2.45, 2.75) is 44.7 Å². The second-order valence-electron chi connectivity index (χ2n) is 4.61. The van der Waals surface area contributed by atoms with Crippen LogP contribution >= 0.6 is 0 Å². The van der Waals surface area contributed by atoms with Gasteiger partial charge < -0.3 is 19.0 Å². The fraction of sp³-hybridized carbons (Fsp3) is 0.667. The van der Waals surface area contributed by atoms with Crippen LogP contribution in [-0.2, 0) is 15.1 Å². The first-order valence-electron chi connectivity index (χ1n) is 5.55. The molecular formula is C12H18O4. The molecule has 1 aliphatic rings. The van der Waals surface area contributed by atoms with E-state index in [4.69, 9.17) is 13.9 Å². The molecule has 4 nitrogen and oxygen atoms in total. The van der Waals surface area contributed by atoms with E-state index in [1.807, 2.05) is 20.8 Å². The number of ether oxygens (including phenoxy) is 2. The van der Waals surface area contributed by atoms with Crippen molar-refractivity contribution in [1.82, 2.24) is 0 Å². The van der Waals surface area contributed by atoms with Gasteiger partial charge in [0.05, 0.1) is 19.1 Å². The van der Waals surface area contributed by atoms with Crippen LogP contribution in [0, 0.1) is 0 Å². The molecule has 0 radical (unpaired) electrons. The summed E-state index contributed by atoms with van der Waals surface area (Å²) in [4.78, 5) is 0. The quantitative estimate of drug-likeness (QED) is 0.856. The zero-order valence-corrected chi connectivity index (χ0v) is 9.90. The minimum Gasteiger partial charge on any atom is -0.472 e. The van der Waals surface area contributed by atoms with Crippen LogP contribution in [-0.4, -0.2) is 23.6 Å². The molecule has 0 spiro atoms. The monoisotopic (exact) mass is 226 g/mol. The predicted octanol–water partition coefficient (Wildman–Crippen LogP) is 2.03. The Kier molecular flexibility index (Phi) is 2.82. The summed E-state index contributed by atoms with van der Waals surface area (Å²) in [6.45, 7) is 6.00. The third kappa shape index (κ3) is 1.88. The Morgan fingerprint density at radius 2 is 2.31 bits per heavy atom. The highest BCUT2D eigenvalue weighted by atomic mass is 16.7. The Balaban J connectivity index is 2.23. The van der Waals surface area contributed by atoms with E-state index in [1.165, 1.54) is 0 Å². The molecule has 1 aromatic rings. The molecule has 1 N–H and O–H groups in total. The summed E-state index contributed by atoms with van der Waals surface area (Å²) in [5, 5.41) is 10.6. The van der Waals surface area contributed by atoms with Crippen LogP contribution in [0.3, 0.4) is 0 Å². The summed E-state index contributed by atoms with van der Waals surface area (Å²) in [5.41, 5.74) is -0.304. The molecule has 2 atom stereocenters. The zero-order valence-electron chi connectivity index (χ0n) is 9.90. The topological polar surface area (TPSA) is 51.8 Å². The fourth-order valence-electron chi connectivity index (χ4n) is 2.05. The molecule has 1 fully saturated rings. The highest BCUT2D eigenvalue weighted by Crippen LogP contribution is 2.37. The van der Waals surface area contributed by atoms with E-state index < -0.39 is 11.4 Å². The lowest BCUT2D eigenvalue weighted by Gasteiger charge is -2.31. The van der Waals surface area contributed by atoms with Crippen LogP contribution in [0.1, 0.15) is 32.8 Å². The van der Waals surface area contributed by atoms with Crippen LogP contribution in [0.5, 0.6) is 0 Å². The van der Waals surface area contributed by atoms with Crippen LogP contribution in [0.25, 0.3) is 0 Å². The first-order chi connectivity index (χ1) is 7.48. The summed E-state index contributed by atoms with van der Waals surface area (Å²) in [6.07, 6.45) is 3.30. The van der Waals surface area contributed by atoms with Crippen LogP contribution in [0.4, 0.5) is 0 Å². The lowest BCUT2D eigenvalue weighted by atomic mass is 9.88. The molecule has 1 aromatic heterocycles. The number of hydrogen-bond donors (Lipinski definition) is 1. The highest BCUT2D eigenvalue weighted by molar-refractivity contribution is 5.19. The normalized spacial score (nSPS) is 27.9. The van der Waals surface area contributed by atoms with Crippen molar-refractivity contribution < 1.29 is 19.0 Å². The summed E-state index contributed by atoms with van der Waals surface area (Å²) >= 11 is 0. The Hall–Kier alpha value is -0.840. The molecule has 2 heterocycles. The van der Waals surface area contributed by atoms with Gasteiger partial charge in [-0.2, -0.15) is 0 Å². The van der Waals surface area contributed by atoms with Gasteiger partial charge in [-0.15, -0.1) is 0 Å². The first kappa shape index (κ1) is 11.6. The molecule has 2 rings (SSSR count). The van der Waals surface area contributed by atoms with Gasteiger partial charge in [0.25, 0.3) is 0 Å². The maximum atomic E-state index is 10.6. The van der Waals surface area contributed by atoms with Crippen LogP contribution in [0.15, 0.2) is 23.0 Å². The van der Waals surface area contributed by atoms with Crippen molar-refractivity contribution in [3.8, 4) is 0 Å². The van der Waals surface area contributed by atoms with E-state index in [1.54, 1.807) is 18.6 Å². The predicted molar refractivity (Wildman–Crippen MR) is 57.8 cm³/mol. The molecule has 4 heteroatoms. The van der Waals surface area contributed by atoms with E-state index in [9.17, 15) is 5.11 Å². The summed E-state index contributed by atoms with van der Waals surface area (Å²) in [7, 11) is 0. The van der Waals surface area contributed by atoms with E-state index in [0.29, 0.717) is 13.0 Å². The summed E-state index contributed by atoms with van der Waals surface area (Å²) in [6, 6.07) is 1.76. The minimum atomic E-state index is -1.04. The van der Waals surface area contributed by atoms with Crippen molar-refractivity contribution in [3.05, 3.63) is 24.2 Å². The standard InChI is InChI=1S/C12H18O4/c1-4-12(13,9-5-6-14-7-9)10-8-15-11(2,3)16-10/h5-7,10,13H,4,8H2,1-3H3/t10-,12-/m1/s1. The first-order valence-corrected chi connectivity index (χ1v) is 5.55. The van der Waals surface area contributed by atoms with Crippen LogP contribution < -0.4 is 0 Å². The minimum absolute atomic E-state index is 0.356. The van der Waals surface area contributed by atoms with Gasteiger partial charge in [0.1, 0.15) is 11.7 Å². The SMILES string of the molecule is CC[C@@](O)(c1ccoc1)[C@H]1COC(C)(C)O1. The molecule has 1 saturated heterocycles. The molecular weight excluding hydrogens is 208 g/mol. The van der Waals surface area contributed by atoms with Crippen molar-refractivity contribution in [2.75, 3.05) is 6.61 Å². The molecule has 0 aliphatic carbocycles. The zero-order chi connectivity index (χ0) is 11.8. The maximum absolute atomic E-state index is 10.6. The average molecular weight is 226 g/mol. The molecule has 0 amide bonds. The van der Waals surface area contributed by atoms with Gasteiger partial charge in [-0.3, -0.25) is 0 Å². The number of furan rings is 1. The van der Waals surface area contributed by atoms with Crippen molar-refractivity contribution in [1.29, 1.82) is 0 Å². The lowest BCUT2D eigenvalue weighted by Crippen LogP contribution is -2.41. The number of aliphatic hydroxyl groups is 1. The molecule has 1 aliphatic heterocycles. The van der Waals surface area contributed by atoms with Crippen molar-refractivity contribution in [3.63, 3.8) is 0 Å². The van der Waals surface area contributed by atoms with E-state index >= 15 is 0 Å². The van der Waals surface area contributed by atoms with Gasteiger partial charge in [-0.05, 0) is 26.3 Å². The molecule has 90 valence electrons. The second-order valence-corrected chi connectivity index (χ2v) is 4.61. The summed E-state index contributed by atoms with van der Waals surface area (Å²) in [5.74, 6) is -0.627. The van der Waals surface area contributed by atoms with Gasteiger partial charge in [0.15, 0.2) is 5.79 Å². The van der Waals surface area contributed by atoms with Gasteiger partial charge in [0, 0.05) is 5.56 Å². The Morgan fingerprint density at radius 3 is 2.75 bits per heavy atom. The maximum Gasteiger partial charge on any atom is 0.163 e. The highest BCUT2D eigenvalue weighted by Gasteiger charge is 2.46. The largest absolute Gasteiger partial charge is 0.472 e. The molecule has 0 aromatic carbocycles.